The molecular weight excluding hydrogens is 240 g/mol. The predicted molar refractivity (Wildman–Crippen MR) is 63.5 cm³/mol. The van der Waals surface area contributed by atoms with E-state index in [1.54, 1.807) is 12.4 Å². The SMILES string of the molecule is NNC(c1cnccn1)C1CCCCS1(=O)=O. The van der Waals surface area contributed by atoms with Gasteiger partial charge in [-0.3, -0.25) is 21.2 Å². The van der Waals surface area contributed by atoms with Crippen molar-refractivity contribution >= 4 is 9.84 Å². The molecule has 0 aliphatic carbocycles. The molecule has 2 rings (SSSR count). The van der Waals surface area contributed by atoms with Crippen molar-refractivity contribution in [2.45, 2.75) is 30.6 Å². The number of nitrogens with zero attached hydrogens (tertiary/aromatic N) is 2. The van der Waals surface area contributed by atoms with Crippen LogP contribution >= 0.6 is 0 Å². The highest BCUT2D eigenvalue weighted by atomic mass is 32.2. The second-order valence-electron chi connectivity index (χ2n) is 4.18. The molecule has 17 heavy (non-hydrogen) atoms. The molecular formula is C10H16N4O2S. The van der Waals surface area contributed by atoms with Crippen molar-refractivity contribution < 1.29 is 8.42 Å². The molecule has 7 heteroatoms. The van der Waals surface area contributed by atoms with Gasteiger partial charge in [0.05, 0.1) is 28.9 Å². The minimum absolute atomic E-state index is 0.232. The predicted octanol–water partition coefficient (Wildman–Crippen LogP) is -0.0517. The van der Waals surface area contributed by atoms with E-state index in [9.17, 15) is 8.42 Å². The van der Waals surface area contributed by atoms with E-state index in [4.69, 9.17) is 5.84 Å². The van der Waals surface area contributed by atoms with Gasteiger partial charge in [-0.25, -0.2) is 8.42 Å². The fraction of sp³-hybridized carbons (Fsp3) is 0.600. The summed E-state index contributed by atoms with van der Waals surface area (Å²) >= 11 is 0. The molecule has 1 aliphatic rings. The van der Waals surface area contributed by atoms with Crippen molar-refractivity contribution in [3.8, 4) is 0 Å². The van der Waals surface area contributed by atoms with Crippen molar-refractivity contribution in [1.82, 2.24) is 15.4 Å². The summed E-state index contributed by atoms with van der Waals surface area (Å²) in [4.78, 5) is 8.06. The number of sulfone groups is 1. The zero-order valence-electron chi connectivity index (χ0n) is 9.41. The first kappa shape index (κ1) is 12.4. The van der Waals surface area contributed by atoms with Gasteiger partial charge in [-0.05, 0) is 12.8 Å². The van der Waals surface area contributed by atoms with Crippen LogP contribution in [0, 0.1) is 0 Å². The molecule has 0 bridgehead atoms. The Kier molecular flexibility index (Phi) is 3.70. The number of aromatic nitrogens is 2. The van der Waals surface area contributed by atoms with Gasteiger partial charge in [0.25, 0.3) is 0 Å². The van der Waals surface area contributed by atoms with Crippen LogP contribution in [0.4, 0.5) is 0 Å². The minimum Gasteiger partial charge on any atom is -0.271 e. The Morgan fingerprint density at radius 2 is 2.24 bits per heavy atom. The fourth-order valence-corrected chi connectivity index (χ4v) is 4.28. The van der Waals surface area contributed by atoms with Gasteiger partial charge < -0.3 is 0 Å². The summed E-state index contributed by atoms with van der Waals surface area (Å²) in [5.74, 6) is 5.71. The molecule has 6 nitrogen and oxygen atoms in total. The first-order valence-electron chi connectivity index (χ1n) is 5.59. The third kappa shape index (κ3) is 2.62. The summed E-state index contributed by atoms with van der Waals surface area (Å²) < 4.78 is 24.0. The van der Waals surface area contributed by atoms with Crippen LogP contribution in [0.15, 0.2) is 18.6 Å². The van der Waals surface area contributed by atoms with E-state index in [2.05, 4.69) is 15.4 Å². The molecule has 0 spiro atoms. The summed E-state index contributed by atoms with van der Waals surface area (Å²) in [6.07, 6.45) is 6.89. The van der Waals surface area contributed by atoms with Gasteiger partial charge in [-0.1, -0.05) is 6.42 Å². The number of hydrazine groups is 1. The molecule has 1 saturated heterocycles. The van der Waals surface area contributed by atoms with Gasteiger partial charge in [0.2, 0.25) is 0 Å². The molecule has 0 amide bonds. The highest BCUT2D eigenvalue weighted by Gasteiger charge is 2.36. The van der Waals surface area contributed by atoms with E-state index in [-0.39, 0.29) is 5.75 Å². The maximum absolute atomic E-state index is 12.0. The van der Waals surface area contributed by atoms with Crippen molar-refractivity contribution in [3.63, 3.8) is 0 Å². The lowest BCUT2D eigenvalue weighted by Gasteiger charge is -2.28. The lowest BCUT2D eigenvalue weighted by Crippen LogP contribution is -2.43. The Labute approximate surface area is 101 Å². The number of hydrogen-bond acceptors (Lipinski definition) is 6. The zero-order chi connectivity index (χ0) is 12.3. The van der Waals surface area contributed by atoms with Crippen LogP contribution in [0.5, 0.6) is 0 Å². The summed E-state index contributed by atoms with van der Waals surface area (Å²) in [6, 6.07) is -0.478. The fourth-order valence-electron chi connectivity index (χ4n) is 2.21. The Morgan fingerprint density at radius 3 is 2.82 bits per heavy atom. The smallest absolute Gasteiger partial charge is 0.155 e. The van der Waals surface area contributed by atoms with Gasteiger partial charge in [-0.15, -0.1) is 0 Å². The maximum atomic E-state index is 12.0. The monoisotopic (exact) mass is 256 g/mol. The molecule has 1 aromatic rings. The standard InChI is InChI=1S/C10H16N4O2S/c11-14-10(8-7-12-4-5-13-8)9-3-1-2-6-17(9,15)16/h4-5,7,9-10,14H,1-3,6,11H2. The first-order chi connectivity index (χ1) is 8.15. The average molecular weight is 256 g/mol. The van der Waals surface area contributed by atoms with Crippen molar-refractivity contribution in [2.24, 2.45) is 5.84 Å². The Morgan fingerprint density at radius 1 is 1.41 bits per heavy atom. The first-order valence-corrected chi connectivity index (χ1v) is 7.30. The molecule has 1 fully saturated rings. The summed E-state index contributed by atoms with van der Waals surface area (Å²) in [6.45, 7) is 0. The van der Waals surface area contributed by atoms with Crippen LogP contribution in [-0.2, 0) is 9.84 Å². The largest absolute Gasteiger partial charge is 0.271 e. The van der Waals surface area contributed by atoms with Crippen LogP contribution < -0.4 is 11.3 Å². The highest BCUT2D eigenvalue weighted by molar-refractivity contribution is 7.92. The third-order valence-corrected chi connectivity index (χ3v) is 5.37. The number of rotatable bonds is 3. The van der Waals surface area contributed by atoms with Crippen molar-refractivity contribution in [1.29, 1.82) is 0 Å². The van der Waals surface area contributed by atoms with E-state index < -0.39 is 21.1 Å². The van der Waals surface area contributed by atoms with Gasteiger partial charge >= 0.3 is 0 Å². The molecule has 0 aromatic carbocycles. The zero-order valence-corrected chi connectivity index (χ0v) is 10.2. The Hall–Kier alpha value is -1.05. The van der Waals surface area contributed by atoms with E-state index >= 15 is 0 Å². The normalized spacial score (nSPS) is 25.4. The second kappa shape index (κ2) is 5.07. The van der Waals surface area contributed by atoms with Gasteiger partial charge in [-0.2, -0.15) is 0 Å². The van der Waals surface area contributed by atoms with Gasteiger partial charge in [0, 0.05) is 12.4 Å². The molecule has 2 unspecified atom stereocenters. The minimum atomic E-state index is -3.09. The van der Waals surface area contributed by atoms with E-state index in [1.807, 2.05) is 0 Å². The van der Waals surface area contributed by atoms with E-state index in [1.165, 1.54) is 6.20 Å². The quantitative estimate of drug-likeness (QED) is 0.581. The lowest BCUT2D eigenvalue weighted by atomic mass is 10.1. The van der Waals surface area contributed by atoms with Crippen molar-refractivity contribution in [3.05, 3.63) is 24.3 Å². The Balaban J connectivity index is 2.30. The number of nitrogens with one attached hydrogen (secondary N) is 1. The van der Waals surface area contributed by atoms with Crippen LogP contribution in [0.2, 0.25) is 0 Å². The van der Waals surface area contributed by atoms with Crippen LogP contribution in [0.3, 0.4) is 0 Å². The van der Waals surface area contributed by atoms with E-state index in [0.717, 1.165) is 12.8 Å². The molecule has 94 valence electrons. The second-order valence-corrected chi connectivity index (χ2v) is 6.52. The third-order valence-electron chi connectivity index (χ3n) is 3.08. The Bertz CT molecular complexity index is 462. The molecule has 0 radical (unpaired) electrons. The van der Waals surface area contributed by atoms with Gasteiger partial charge in [0.15, 0.2) is 9.84 Å². The molecule has 0 saturated carbocycles. The summed E-state index contributed by atoms with van der Waals surface area (Å²) in [7, 11) is -3.09. The van der Waals surface area contributed by atoms with E-state index in [0.29, 0.717) is 12.1 Å². The van der Waals surface area contributed by atoms with Crippen LogP contribution in [0.25, 0.3) is 0 Å². The van der Waals surface area contributed by atoms with Gasteiger partial charge in [0.1, 0.15) is 0 Å². The average Bonchev–Trinajstić information content (AvgIpc) is 2.33. The molecule has 1 aromatic heterocycles. The number of hydrogen-bond donors (Lipinski definition) is 2. The summed E-state index contributed by atoms with van der Waals surface area (Å²) in [5, 5.41) is -0.502. The molecule has 3 N–H and O–H groups in total. The topological polar surface area (TPSA) is 98.0 Å². The van der Waals surface area contributed by atoms with Crippen molar-refractivity contribution in [2.75, 3.05) is 5.75 Å². The molecule has 2 heterocycles. The summed E-state index contributed by atoms with van der Waals surface area (Å²) in [5.41, 5.74) is 3.14. The van der Waals surface area contributed by atoms with Crippen LogP contribution in [-0.4, -0.2) is 29.4 Å². The maximum Gasteiger partial charge on any atom is 0.155 e. The highest BCUT2D eigenvalue weighted by Crippen LogP contribution is 2.28. The molecule has 2 atom stereocenters. The number of nitrogens with two attached hydrogens (primary N) is 1. The lowest BCUT2D eigenvalue weighted by molar-refractivity contribution is 0.446. The molecule has 1 aliphatic heterocycles. The van der Waals surface area contributed by atoms with Crippen LogP contribution in [0.1, 0.15) is 31.0 Å².